The molecule has 1 aromatic rings. The number of anilines is 1. The molecule has 0 heterocycles. The quantitative estimate of drug-likeness (QED) is 0.867. The maximum atomic E-state index is 12.0. The van der Waals surface area contributed by atoms with Crippen LogP contribution in [0.25, 0.3) is 0 Å². The smallest absolute Gasteiger partial charge is 0.224 e. The van der Waals surface area contributed by atoms with Gasteiger partial charge in [-0.2, -0.15) is 0 Å². The monoisotopic (exact) mass is 298 g/mol. The van der Waals surface area contributed by atoms with Crippen LogP contribution in [0.15, 0.2) is 24.3 Å². The molecule has 0 aromatic heterocycles. The van der Waals surface area contributed by atoms with E-state index >= 15 is 0 Å². The van der Waals surface area contributed by atoms with Crippen LogP contribution in [0.1, 0.15) is 39.7 Å². The van der Waals surface area contributed by atoms with Gasteiger partial charge in [0.15, 0.2) is 0 Å². The minimum Gasteiger partial charge on any atom is -0.326 e. The molecule has 2 N–H and O–H groups in total. The van der Waals surface area contributed by atoms with Crippen molar-refractivity contribution in [3.63, 3.8) is 0 Å². The zero-order valence-corrected chi connectivity index (χ0v) is 13.9. The van der Waals surface area contributed by atoms with Crippen molar-refractivity contribution in [2.45, 2.75) is 40.7 Å². The predicted molar refractivity (Wildman–Crippen MR) is 88.3 cm³/mol. The molecular weight excluding hydrogens is 272 g/mol. The summed E-state index contributed by atoms with van der Waals surface area (Å²) < 4.78 is 0. The molecule has 0 bridgehead atoms. The van der Waals surface area contributed by atoms with E-state index in [-0.39, 0.29) is 23.7 Å². The van der Waals surface area contributed by atoms with E-state index in [9.17, 15) is 4.79 Å². The summed E-state index contributed by atoms with van der Waals surface area (Å²) in [6.45, 7) is 9.46. The maximum absolute atomic E-state index is 12.0. The first-order valence-corrected chi connectivity index (χ1v) is 6.86. The van der Waals surface area contributed by atoms with E-state index in [4.69, 9.17) is 0 Å². The molecule has 0 aliphatic carbocycles. The fraction of sp³-hybridized carbons (Fsp3) is 0.562. The Morgan fingerprint density at radius 2 is 1.75 bits per heavy atom. The van der Waals surface area contributed by atoms with Crippen molar-refractivity contribution in [2.24, 2.45) is 11.3 Å². The number of hydrogen-bond donors (Lipinski definition) is 2. The van der Waals surface area contributed by atoms with E-state index in [1.54, 1.807) is 0 Å². The highest BCUT2D eigenvalue weighted by molar-refractivity contribution is 5.90. The van der Waals surface area contributed by atoms with E-state index in [2.05, 4.69) is 38.3 Å². The molecule has 20 heavy (non-hydrogen) atoms. The molecular formula is C16H27ClN2O. The fourth-order valence-electron chi connectivity index (χ4n) is 1.71. The third-order valence-electron chi connectivity index (χ3n) is 3.59. The van der Waals surface area contributed by atoms with Gasteiger partial charge in [-0.25, -0.2) is 0 Å². The second-order valence-electron chi connectivity index (χ2n) is 6.25. The summed E-state index contributed by atoms with van der Waals surface area (Å²) in [6, 6.07) is 7.96. The zero-order valence-electron chi connectivity index (χ0n) is 13.1. The van der Waals surface area contributed by atoms with E-state index in [0.717, 1.165) is 12.2 Å². The highest BCUT2D eigenvalue weighted by Gasteiger charge is 2.22. The van der Waals surface area contributed by atoms with Crippen LogP contribution < -0.4 is 10.6 Å². The molecule has 0 radical (unpaired) electrons. The molecule has 1 atom stereocenters. The van der Waals surface area contributed by atoms with E-state index in [0.29, 0.717) is 12.3 Å². The van der Waals surface area contributed by atoms with E-state index in [1.807, 2.05) is 31.3 Å². The van der Waals surface area contributed by atoms with Crippen LogP contribution in [0, 0.1) is 11.3 Å². The topological polar surface area (TPSA) is 41.1 Å². The number of rotatable bonds is 5. The number of benzene rings is 1. The number of halogens is 1. The summed E-state index contributed by atoms with van der Waals surface area (Å²) >= 11 is 0. The van der Waals surface area contributed by atoms with Gasteiger partial charge < -0.3 is 10.6 Å². The summed E-state index contributed by atoms with van der Waals surface area (Å²) in [5.74, 6) is 0.444. The van der Waals surface area contributed by atoms with Gasteiger partial charge in [0.2, 0.25) is 5.91 Å². The number of hydrogen-bond acceptors (Lipinski definition) is 2. The van der Waals surface area contributed by atoms with Gasteiger partial charge in [0.05, 0.1) is 0 Å². The van der Waals surface area contributed by atoms with Gasteiger partial charge >= 0.3 is 0 Å². The van der Waals surface area contributed by atoms with E-state index in [1.165, 1.54) is 5.56 Å². The summed E-state index contributed by atoms with van der Waals surface area (Å²) in [6.07, 6.45) is 0.557. The third kappa shape index (κ3) is 6.40. The standard InChI is InChI=1S/C16H26N2O.ClH/c1-12(16(2,3)4)10-15(19)18-14-8-6-13(7-9-14)11-17-5;/h6-9,12,17H,10-11H2,1-5H3,(H,18,19);1H. The first kappa shape index (κ1) is 18.9. The lowest BCUT2D eigenvalue weighted by Crippen LogP contribution is -2.23. The van der Waals surface area contributed by atoms with Crippen molar-refractivity contribution in [3.8, 4) is 0 Å². The molecule has 4 heteroatoms. The van der Waals surface area contributed by atoms with Crippen LogP contribution in [-0.2, 0) is 11.3 Å². The number of amides is 1. The Labute approximate surface area is 128 Å². The SMILES string of the molecule is CNCc1ccc(NC(=O)CC(C)C(C)(C)C)cc1.Cl. The Morgan fingerprint density at radius 3 is 2.20 bits per heavy atom. The van der Waals surface area contributed by atoms with Crippen molar-refractivity contribution in [1.29, 1.82) is 0 Å². The van der Waals surface area contributed by atoms with Crippen LogP contribution in [0.4, 0.5) is 5.69 Å². The number of nitrogens with one attached hydrogen (secondary N) is 2. The Kier molecular flexibility index (Phi) is 7.84. The molecule has 1 aromatic carbocycles. The lowest BCUT2D eigenvalue weighted by atomic mass is 9.80. The molecule has 114 valence electrons. The Hall–Kier alpha value is -1.06. The van der Waals surface area contributed by atoms with Gasteiger partial charge in [0.1, 0.15) is 0 Å². The Morgan fingerprint density at radius 1 is 1.20 bits per heavy atom. The van der Waals surface area contributed by atoms with Crippen molar-refractivity contribution < 1.29 is 4.79 Å². The van der Waals surface area contributed by atoms with Crippen molar-refractivity contribution in [1.82, 2.24) is 5.32 Å². The normalized spacial score (nSPS) is 12.4. The van der Waals surface area contributed by atoms with Gasteiger partial charge in [-0.1, -0.05) is 39.8 Å². The number of carbonyl (C=O) groups excluding carboxylic acids is 1. The minimum absolute atomic E-state index is 0. The molecule has 0 fully saturated rings. The van der Waals surface area contributed by atoms with Crippen LogP contribution in [0.2, 0.25) is 0 Å². The fourth-order valence-corrected chi connectivity index (χ4v) is 1.71. The average Bonchev–Trinajstić information content (AvgIpc) is 2.30. The molecule has 0 aliphatic heterocycles. The molecule has 3 nitrogen and oxygen atoms in total. The molecule has 0 saturated heterocycles. The van der Waals surface area contributed by atoms with Crippen LogP contribution >= 0.6 is 12.4 Å². The molecule has 1 amide bonds. The highest BCUT2D eigenvalue weighted by Crippen LogP contribution is 2.28. The van der Waals surface area contributed by atoms with Crippen molar-refractivity contribution >= 4 is 24.0 Å². The van der Waals surface area contributed by atoms with Crippen LogP contribution in [0.3, 0.4) is 0 Å². The average molecular weight is 299 g/mol. The molecule has 0 saturated carbocycles. The summed E-state index contributed by atoms with van der Waals surface area (Å²) in [7, 11) is 1.92. The molecule has 0 spiro atoms. The van der Waals surface area contributed by atoms with Gasteiger partial charge in [0.25, 0.3) is 0 Å². The first-order valence-electron chi connectivity index (χ1n) is 6.86. The molecule has 1 rings (SSSR count). The summed E-state index contributed by atoms with van der Waals surface area (Å²) in [5, 5.41) is 6.05. The predicted octanol–water partition coefficient (Wildman–Crippen LogP) is 3.84. The van der Waals surface area contributed by atoms with Gasteiger partial charge in [0, 0.05) is 18.7 Å². The van der Waals surface area contributed by atoms with Crippen LogP contribution in [0.5, 0.6) is 0 Å². The third-order valence-corrected chi connectivity index (χ3v) is 3.59. The Balaban J connectivity index is 0.00000361. The van der Waals surface area contributed by atoms with E-state index < -0.39 is 0 Å². The van der Waals surface area contributed by atoms with Crippen LogP contribution in [-0.4, -0.2) is 13.0 Å². The first-order chi connectivity index (χ1) is 8.82. The summed E-state index contributed by atoms with van der Waals surface area (Å²) in [4.78, 5) is 12.0. The lowest BCUT2D eigenvalue weighted by Gasteiger charge is -2.26. The zero-order chi connectivity index (χ0) is 14.5. The minimum atomic E-state index is 0. The van der Waals surface area contributed by atoms with Gasteiger partial charge in [-0.15, -0.1) is 12.4 Å². The lowest BCUT2D eigenvalue weighted by molar-refractivity contribution is -0.117. The van der Waals surface area contributed by atoms with Gasteiger partial charge in [-0.3, -0.25) is 4.79 Å². The Bertz CT molecular complexity index is 409. The maximum Gasteiger partial charge on any atom is 0.224 e. The molecule has 1 unspecified atom stereocenters. The molecule has 0 aliphatic rings. The number of carbonyl (C=O) groups is 1. The highest BCUT2D eigenvalue weighted by atomic mass is 35.5. The van der Waals surface area contributed by atoms with Crippen molar-refractivity contribution in [3.05, 3.63) is 29.8 Å². The second kappa shape index (κ2) is 8.28. The largest absolute Gasteiger partial charge is 0.326 e. The van der Waals surface area contributed by atoms with Crippen molar-refractivity contribution in [2.75, 3.05) is 12.4 Å². The summed E-state index contributed by atoms with van der Waals surface area (Å²) in [5.41, 5.74) is 2.24. The second-order valence-corrected chi connectivity index (χ2v) is 6.25. The van der Waals surface area contributed by atoms with Gasteiger partial charge in [-0.05, 0) is 36.1 Å².